The van der Waals surface area contributed by atoms with Crippen LogP contribution in [0.25, 0.3) is 0 Å². The summed E-state index contributed by atoms with van der Waals surface area (Å²) in [6, 6.07) is 9.44. The summed E-state index contributed by atoms with van der Waals surface area (Å²) >= 11 is 0. The molecule has 0 radical (unpaired) electrons. The van der Waals surface area contributed by atoms with Gasteiger partial charge in [0.05, 0.1) is 19.1 Å². The molecule has 2 rings (SSSR count). The first-order valence-corrected chi connectivity index (χ1v) is 6.46. The van der Waals surface area contributed by atoms with Crippen LogP contribution in [0.2, 0.25) is 0 Å². The van der Waals surface area contributed by atoms with Gasteiger partial charge in [-0.15, -0.1) is 0 Å². The van der Waals surface area contributed by atoms with Gasteiger partial charge in [-0.25, -0.2) is 0 Å². The summed E-state index contributed by atoms with van der Waals surface area (Å²) in [5.74, 6) is -0.0508. The van der Waals surface area contributed by atoms with E-state index in [0.717, 1.165) is 16.8 Å². The van der Waals surface area contributed by atoms with Crippen LogP contribution in [0.3, 0.4) is 0 Å². The smallest absolute Gasteiger partial charge is 0.238 e. The fourth-order valence-corrected chi connectivity index (χ4v) is 1.97. The third-order valence-electron chi connectivity index (χ3n) is 2.89. The number of anilines is 1. The number of furan rings is 1. The van der Waals surface area contributed by atoms with E-state index in [4.69, 9.17) is 10.2 Å². The fraction of sp³-hybridized carbons (Fsp3) is 0.267. The molecular formula is C15H19N3O2. The maximum Gasteiger partial charge on any atom is 0.238 e. The minimum atomic E-state index is -0.0508. The number of nitrogens with zero attached hydrogens (tertiary/aromatic N) is 1. The third kappa shape index (κ3) is 4.22. The second kappa shape index (κ2) is 6.88. The highest BCUT2D eigenvalue weighted by molar-refractivity contribution is 5.92. The van der Waals surface area contributed by atoms with Crippen molar-refractivity contribution in [2.45, 2.75) is 13.1 Å². The van der Waals surface area contributed by atoms with Crippen molar-refractivity contribution in [1.29, 1.82) is 0 Å². The molecule has 2 aromatic rings. The molecule has 0 spiro atoms. The van der Waals surface area contributed by atoms with Gasteiger partial charge in [0.1, 0.15) is 0 Å². The van der Waals surface area contributed by atoms with Gasteiger partial charge >= 0.3 is 0 Å². The van der Waals surface area contributed by atoms with E-state index in [0.29, 0.717) is 19.6 Å². The van der Waals surface area contributed by atoms with Crippen LogP contribution in [-0.4, -0.2) is 24.4 Å². The van der Waals surface area contributed by atoms with E-state index in [1.54, 1.807) is 12.5 Å². The lowest BCUT2D eigenvalue weighted by Gasteiger charge is -2.15. The summed E-state index contributed by atoms with van der Waals surface area (Å²) in [5.41, 5.74) is 8.39. The SMILES string of the molecule is CN(CC(=O)Nc1cccc(CN)c1)Cc1ccoc1. The summed E-state index contributed by atoms with van der Waals surface area (Å²) in [5, 5.41) is 2.87. The molecule has 0 saturated carbocycles. The van der Waals surface area contributed by atoms with Gasteiger partial charge in [-0.2, -0.15) is 0 Å². The highest BCUT2D eigenvalue weighted by Crippen LogP contribution is 2.10. The number of hydrogen-bond acceptors (Lipinski definition) is 4. The maximum atomic E-state index is 11.9. The predicted octanol–water partition coefficient (Wildman–Crippen LogP) is 1.81. The Balaban J connectivity index is 1.85. The molecular weight excluding hydrogens is 254 g/mol. The molecule has 1 aromatic carbocycles. The molecule has 1 aromatic heterocycles. The van der Waals surface area contributed by atoms with E-state index in [9.17, 15) is 4.79 Å². The van der Waals surface area contributed by atoms with Crippen LogP contribution in [-0.2, 0) is 17.9 Å². The lowest BCUT2D eigenvalue weighted by Crippen LogP contribution is -2.29. The van der Waals surface area contributed by atoms with Gasteiger partial charge in [0.2, 0.25) is 5.91 Å². The van der Waals surface area contributed by atoms with Crippen LogP contribution in [0.4, 0.5) is 5.69 Å². The third-order valence-corrected chi connectivity index (χ3v) is 2.89. The van der Waals surface area contributed by atoms with Crippen LogP contribution in [0.1, 0.15) is 11.1 Å². The normalized spacial score (nSPS) is 10.8. The minimum absolute atomic E-state index is 0.0508. The van der Waals surface area contributed by atoms with Gasteiger partial charge < -0.3 is 15.5 Å². The van der Waals surface area contributed by atoms with E-state index >= 15 is 0 Å². The Morgan fingerprint density at radius 2 is 2.20 bits per heavy atom. The summed E-state index contributed by atoms with van der Waals surface area (Å²) in [6.07, 6.45) is 3.31. The summed E-state index contributed by atoms with van der Waals surface area (Å²) in [4.78, 5) is 13.9. The maximum absolute atomic E-state index is 11.9. The first-order valence-electron chi connectivity index (χ1n) is 6.46. The lowest BCUT2D eigenvalue weighted by molar-refractivity contribution is -0.117. The Morgan fingerprint density at radius 3 is 2.90 bits per heavy atom. The average Bonchev–Trinajstić information content (AvgIpc) is 2.91. The zero-order chi connectivity index (χ0) is 14.4. The summed E-state index contributed by atoms with van der Waals surface area (Å²) in [7, 11) is 1.89. The van der Waals surface area contributed by atoms with Crippen LogP contribution in [0.15, 0.2) is 47.3 Å². The molecule has 0 aliphatic carbocycles. The van der Waals surface area contributed by atoms with Gasteiger partial charge in [-0.05, 0) is 30.8 Å². The molecule has 0 saturated heterocycles. The van der Waals surface area contributed by atoms with E-state index in [1.807, 2.05) is 42.3 Å². The standard InChI is InChI=1S/C15H19N3O2/c1-18(9-13-5-6-20-11-13)10-15(19)17-14-4-2-3-12(7-14)8-16/h2-7,11H,8-10,16H2,1H3,(H,17,19). The largest absolute Gasteiger partial charge is 0.472 e. The Kier molecular flexibility index (Phi) is 4.92. The molecule has 3 N–H and O–H groups in total. The predicted molar refractivity (Wildman–Crippen MR) is 78.0 cm³/mol. The van der Waals surface area contributed by atoms with Gasteiger partial charge in [0.25, 0.3) is 0 Å². The van der Waals surface area contributed by atoms with Crippen molar-refractivity contribution in [2.75, 3.05) is 18.9 Å². The highest BCUT2D eigenvalue weighted by atomic mass is 16.3. The molecule has 0 bridgehead atoms. The number of carbonyl (C=O) groups excluding carboxylic acids is 1. The zero-order valence-electron chi connectivity index (χ0n) is 11.5. The number of hydrogen-bond donors (Lipinski definition) is 2. The topological polar surface area (TPSA) is 71.5 Å². The first kappa shape index (κ1) is 14.3. The Morgan fingerprint density at radius 1 is 1.35 bits per heavy atom. The molecule has 0 aliphatic heterocycles. The molecule has 1 heterocycles. The van der Waals surface area contributed by atoms with Gasteiger partial charge in [-0.3, -0.25) is 9.69 Å². The number of nitrogens with two attached hydrogens (primary N) is 1. The monoisotopic (exact) mass is 273 g/mol. The molecule has 0 unspecified atom stereocenters. The van der Waals surface area contributed by atoms with Crippen LogP contribution in [0, 0.1) is 0 Å². The van der Waals surface area contributed by atoms with Crippen molar-refractivity contribution in [1.82, 2.24) is 4.90 Å². The van der Waals surface area contributed by atoms with E-state index in [-0.39, 0.29) is 5.91 Å². The van der Waals surface area contributed by atoms with Crippen molar-refractivity contribution in [3.05, 3.63) is 54.0 Å². The van der Waals surface area contributed by atoms with Crippen molar-refractivity contribution in [3.8, 4) is 0 Å². The van der Waals surface area contributed by atoms with Gasteiger partial charge in [0, 0.05) is 24.3 Å². The molecule has 5 nitrogen and oxygen atoms in total. The quantitative estimate of drug-likeness (QED) is 0.842. The Hall–Kier alpha value is -2.11. The number of amides is 1. The van der Waals surface area contributed by atoms with Crippen molar-refractivity contribution in [2.24, 2.45) is 5.73 Å². The van der Waals surface area contributed by atoms with Gasteiger partial charge in [0.15, 0.2) is 0 Å². The van der Waals surface area contributed by atoms with Crippen molar-refractivity contribution < 1.29 is 9.21 Å². The Labute approximate surface area is 118 Å². The average molecular weight is 273 g/mol. The first-order chi connectivity index (χ1) is 9.67. The Bertz CT molecular complexity index is 552. The van der Waals surface area contributed by atoms with Crippen molar-refractivity contribution >= 4 is 11.6 Å². The van der Waals surface area contributed by atoms with E-state index in [1.165, 1.54) is 0 Å². The lowest BCUT2D eigenvalue weighted by atomic mass is 10.2. The number of nitrogens with one attached hydrogen (secondary N) is 1. The zero-order valence-corrected chi connectivity index (χ0v) is 11.5. The van der Waals surface area contributed by atoms with Crippen LogP contribution in [0.5, 0.6) is 0 Å². The van der Waals surface area contributed by atoms with Crippen LogP contribution >= 0.6 is 0 Å². The molecule has 0 fully saturated rings. The highest BCUT2D eigenvalue weighted by Gasteiger charge is 2.08. The molecule has 20 heavy (non-hydrogen) atoms. The minimum Gasteiger partial charge on any atom is -0.472 e. The second-order valence-corrected chi connectivity index (χ2v) is 4.76. The van der Waals surface area contributed by atoms with E-state index in [2.05, 4.69) is 5.32 Å². The van der Waals surface area contributed by atoms with E-state index < -0.39 is 0 Å². The van der Waals surface area contributed by atoms with Gasteiger partial charge in [-0.1, -0.05) is 12.1 Å². The second-order valence-electron chi connectivity index (χ2n) is 4.76. The number of rotatable bonds is 6. The van der Waals surface area contributed by atoms with Crippen molar-refractivity contribution in [3.63, 3.8) is 0 Å². The molecule has 0 atom stereocenters. The van der Waals surface area contributed by atoms with Crippen LogP contribution < -0.4 is 11.1 Å². The summed E-state index contributed by atoms with van der Waals surface area (Å²) < 4.78 is 5.00. The number of likely N-dealkylation sites (N-methyl/N-ethyl adjacent to an activating group) is 1. The molecule has 106 valence electrons. The molecule has 5 heteroatoms. The summed E-state index contributed by atoms with van der Waals surface area (Å²) in [6.45, 7) is 1.45. The molecule has 0 aliphatic rings. The number of benzene rings is 1. The molecule has 1 amide bonds. The number of carbonyl (C=O) groups is 1. The fourth-order valence-electron chi connectivity index (χ4n) is 1.97.